The van der Waals surface area contributed by atoms with Gasteiger partial charge in [-0.25, -0.2) is 0 Å². The Labute approximate surface area is 113 Å². The zero-order chi connectivity index (χ0) is 14.4. The van der Waals surface area contributed by atoms with Crippen LogP contribution in [0.25, 0.3) is 0 Å². The minimum Gasteiger partial charge on any atom is -0.339 e. The van der Waals surface area contributed by atoms with Gasteiger partial charge in [-0.2, -0.15) is 0 Å². The molecule has 0 radical (unpaired) electrons. The monoisotopic (exact) mass is 263 g/mol. The number of anilines is 1. The van der Waals surface area contributed by atoms with E-state index in [9.17, 15) is 9.59 Å². The highest BCUT2D eigenvalue weighted by Crippen LogP contribution is 2.13. The third kappa shape index (κ3) is 4.06. The number of nitrogens with zero attached hydrogens (tertiary/aromatic N) is 1. The molecule has 0 unspecified atom stereocenters. The lowest BCUT2D eigenvalue weighted by Crippen LogP contribution is -2.33. The van der Waals surface area contributed by atoms with E-state index >= 15 is 0 Å². The van der Waals surface area contributed by atoms with E-state index in [0.717, 1.165) is 0 Å². The zero-order valence-corrected chi connectivity index (χ0v) is 11.6. The fraction of sp³-hybridized carbons (Fsp3) is 0.429. The Bertz CT molecular complexity index is 454. The Morgan fingerprint density at radius 2 is 1.95 bits per heavy atom. The highest BCUT2D eigenvalue weighted by Gasteiger charge is 2.13. The van der Waals surface area contributed by atoms with Gasteiger partial charge in [0.15, 0.2) is 0 Å². The molecule has 5 nitrogen and oxygen atoms in total. The van der Waals surface area contributed by atoms with Gasteiger partial charge in [0.25, 0.3) is 5.91 Å². The Morgan fingerprint density at radius 1 is 1.32 bits per heavy atom. The van der Waals surface area contributed by atoms with Gasteiger partial charge in [-0.1, -0.05) is 6.07 Å². The van der Waals surface area contributed by atoms with Crippen molar-refractivity contribution in [1.29, 1.82) is 0 Å². The van der Waals surface area contributed by atoms with Crippen LogP contribution in [0.5, 0.6) is 0 Å². The molecule has 19 heavy (non-hydrogen) atoms. The van der Waals surface area contributed by atoms with E-state index in [0.29, 0.717) is 24.3 Å². The van der Waals surface area contributed by atoms with Crippen LogP contribution in [0, 0.1) is 0 Å². The maximum absolute atomic E-state index is 12.2. The van der Waals surface area contributed by atoms with Crippen molar-refractivity contribution in [2.24, 2.45) is 5.73 Å². The van der Waals surface area contributed by atoms with Crippen molar-refractivity contribution in [2.45, 2.75) is 26.8 Å². The molecule has 0 spiro atoms. The Balaban J connectivity index is 2.88. The maximum atomic E-state index is 12.2. The van der Waals surface area contributed by atoms with Crippen LogP contribution in [-0.2, 0) is 4.79 Å². The summed E-state index contributed by atoms with van der Waals surface area (Å²) in [5.74, 6) is -0.311. The van der Waals surface area contributed by atoms with Gasteiger partial charge in [-0.05, 0) is 39.0 Å². The number of rotatable bonds is 5. The van der Waals surface area contributed by atoms with Gasteiger partial charge in [-0.3, -0.25) is 9.59 Å². The van der Waals surface area contributed by atoms with Gasteiger partial charge in [0.05, 0.1) is 6.04 Å². The molecular formula is C14H21N3O2. The summed E-state index contributed by atoms with van der Waals surface area (Å²) in [6.07, 6.45) is 0. The lowest BCUT2D eigenvalue weighted by Gasteiger charge is -2.19. The standard InChI is InChI=1S/C14H21N3O2/c1-4-17(5-2)14(19)11-7-6-8-12(9-11)16-13(18)10(3)15/h6-10H,4-5,15H2,1-3H3,(H,16,18)/t10-/m1/s1. The van der Waals surface area contributed by atoms with Crippen LogP contribution in [-0.4, -0.2) is 35.8 Å². The molecule has 5 heteroatoms. The zero-order valence-electron chi connectivity index (χ0n) is 11.6. The number of nitrogens with one attached hydrogen (secondary N) is 1. The summed E-state index contributed by atoms with van der Waals surface area (Å²) in [4.78, 5) is 25.4. The molecule has 0 aliphatic heterocycles. The van der Waals surface area contributed by atoms with Crippen LogP contribution in [0.4, 0.5) is 5.69 Å². The number of amides is 2. The average molecular weight is 263 g/mol. The molecule has 0 fully saturated rings. The number of carbonyl (C=O) groups is 2. The normalized spacial score (nSPS) is 11.8. The molecule has 0 heterocycles. The third-order valence-electron chi connectivity index (χ3n) is 2.84. The summed E-state index contributed by atoms with van der Waals surface area (Å²) < 4.78 is 0. The quantitative estimate of drug-likeness (QED) is 0.844. The van der Waals surface area contributed by atoms with E-state index in [1.54, 1.807) is 36.1 Å². The van der Waals surface area contributed by atoms with E-state index in [2.05, 4.69) is 5.32 Å². The predicted molar refractivity (Wildman–Crippen MR) is 76.0 cm³/mol. The summed E-state index contributed by atoms with van der Waals surface area (Å²) in [5, 5.41) is 2.68. The van der Waals surface area contributed by atoms with Gasteiger partial charge in [0.1, 0.15) is 0 Å². The van der Waals surface area contributed by atoms with Crippen molar-refractivity contribution in [2.75, 3.05) is 18.4 Å². The molecule has 2 amide bonds. The van der Waals surface area contributed by atoms with Crippen LogP contribution in [0.2, 0.25) is 0 Å². The van der Waals surface area contributed by atoms with Gasteiger partial charge >= 0.3 is 0 Å². The second-order valence-electron chi connectivity index (χ2n) is 4.34. The van der Waals surface area contributed by atoms with E-state index in [-0.39, 0.29) is 11.8 Å². The van der Waals surface area contributed by atoms with E-state index in [1.807, 2.05) is 13.8 Å². The Morgan fingerprint density at radius 3 is 2.47 bits per heavy atom. The van der Waals surface area contributed by atoms with E-state index < -0.39 is 6.04 Å². The first-order chi connectivity index (χ1) is 8.99. The Hall–Kier alpha value is -1.88. The molecule has 0 saturated carbocycles. The van der Waals surface area contributed by atoms with Gasteiger partial charge in [0.2, 0.25) is 5.91 Å². The van der Waals surface area contributed by atoms with Gasteiger partial charge in [0, 0.05) is 24.3 Å². The molecule has 1 aromatic carbocycles. The van der Waals surface area contributed by atoms with Crippen molar-refractivity contribution >= 4 is 17.5 Å². The molecule has 1 rings (SSSR count). The van der Waals surface area contributed by atoms with Crippen LogP contribution in [0.3, 0.4) is 0 Å². The first-order valence-electron chi connectivity index (χ1n) is 6.45. The average Bonchev–Trinajstić information content (AvgIpc) is 2.40. The molecule has 3 N–H and O–H groups in total. The first-order valence-corrected chi connectivity index (χ1v) is 6.45. The van der Waals surface area contributed by atoms with Crippen molar-refractivity contribution in [3.63, 3.8) is 0 Å². The number of carbonyl (C=O) groups excluding carboxylic acids is 2. The second kappa shape index (κ2) is 6.89. The third-order valence-corrected chi connectivity index (χ3v) is 2.84. The highest BCUT2D eigenvalue weighted by molar-refractivity contribution is 5.98. The summed E-state index contributed by atoms with van der Waals surface area (Å²) in [6, 6.07) is 6.30. The number of hydrogen-bond acceptors (Lipinski definition) is 3. The van der Waals surface area contributed by atoms with E-state index in [4.69, 9.17) is 5.73 Å². The van der Waals surface area contributed by atoms with Crippen LogP contribution in [0.15, 0.2) is 24.3 Å². The lowest BCUT2D eigenvalue weighted by atomic mass is 10.1. The minimum atomic E-state index is -0.581. The fourth-order valence-corrected chi connectivity index (χ4v) is 1.68. The summed E-state index contributed by atoms with van der Waals surface area (Å²) >= 11 is 0. The lowest BCUT2D eigenvalue weighted by molar-refractivity contribution is -0.117. The number of hydrogen-bond donors (Lipinski definition) is 2. The van der Waals surface area contributed by atoms with Crippen molar-refractivity contribution in [3.8, 4) is 0 Å². The van der Waals surface area contributed by atoms with Crippen molar-refractivity contribution in [3.05, 3.63) is 29.8 Å². The topological polar surface area (TPSA) is 75.4 Å². The fourth-order valence-electron chi connectivity index (χ4n) is 1.68. The van der Waals surface area contributed by atoms with Gasteiger partial charge in [-0.15, -0.1) is 0 Å². The van der Waals surface area contributed by atoms with Crippen LogP contribution >= 0.6 is 0 Å². The predicted octanol–water partition coefficient (Wildman–Crippen LogP) is 1.45. The number of benzene rings is 1. The summed E-state index contributed by atoms with van der Waals surface area (Å²) in [6.45, 7) is 6.80. The smallest absolute Gasteiger partial charge is 0.253 e. The molecule has 0 saturated heterocycles. The molecule has 1 aromatic rings. The summed E-state index contributed by atoms with van der Waals surface area (Å²) in [5.41, 5.74) is 6.63. The maximum Gasteiger partial charge on any atom is 0.253 e. The molecule has 0 aliphatic rings. The van der Waals surface area contributed by atoms with E-state index in [1.165, 1.54) is 0 Å². The minimum absolute atomic E-state index is 0.0399. The molecule has 0 aliphatic carbocycles. The SMILES string of the molecule is CCN(CC)C(=O)c1cccc(NC(=O)[C@@H](C)N)c1. The molecule has 0 bridgehead atoms. The second-order valence-corrected chi connectivity index (χ2v) is 4.34. The summed E-state index contributed by atoms with van der Waals surface area (Å²) in [7, 11) is 0. The largest absolute Gasteiger partial charge is 0.339 e. The first kappa shape index (κ1) is 15.2. The van der Waals surface area contributed by atoms with Crippen molar-refractivity contribution < 1.29 is 9.59 Å². The van der Waals surface area contributed by atoms with Crippen LogP contribution < -0.4 is 11.1 Å². The molecule has 1 atom stereocenters. The van der Waals surface area contributed by atoms with Crippen LogP contribution in [0.1, 0.15) is 31.1 Å². The van der Waals surface area contributed by atoms with Crippen molar-refractivity contribution in [1.82, 2.24) is 4.90 Å². The molecule has 104 valence electrons. The Kier molecular flexibility index (Phi) is 5.51. The highest BCUT2D eigenvalue weighted by atomic mass is 16.2. The number of nitrogens with two attached hydrogens (primary N) is 1. The molecular weight excluding hydrogens is 242 g/mol. The van der Waals surface area contributed by atoms with Gasteiger partial charge < -0.3 is 16.0 Å². The molecule has 0 aromatic heterocycles.